The fourth-order valence-corrected chi connectivity index (χ4v) is 3.67. The second-order valence-corrected chi connectivity index (χ2v) is 8.64. The Morgan fingerprint density at radius 2 is 2.29 bits per heavy atom. The number of urea groups is 1. The van der Waals surface area contributed by atoms with E-state index in [2.05, 4.69) is 29.6 Å². The van der Waals surface area contributed by atoms with Crippen molar-refractivity contribution < 1.29 is 23.2 Å². The van der Waals surface area contributed by atoms with Crippen LogP contribution in [0.3, 0.4) is 0 Å². The molecule has 0 spiro atoms. The first-order valence-electron chi connectivity index (χ1n) is 8.11. The van der Waals surface area contributed by atoms with Gasteiger partial charge in [-0.3, -0.25) is 15.7 Å². The van der Waals surface area contributed by atoms with Gasteiger partial charge in [0.15, 0.2) is 11.5 Å². The number of nitrogens with two attached hydrogens (primary N) is 1. The summed E-state index contributed by atoms with van der Waals surface area (Å²) in [6, 6.07) is 3.10. The van der Waals surface area contributed by atoms with Crippen molar-refractivity contribution in [3.8, 4) is 0 Å². The Kier molecular flexibility index (Phi) is 5.56. The highest BCUT2D eigenvalue weighted by Gasteiger charge is 2.28. The fraction of sp³-hybridized carbons (Fsp3) is 0.333. The van der Waals surface area contributed by atoms with Crippen molar-refractivity contribution in [2.45, 2.75) is 12.5 Å². The maximum atomic E-state index is 13.4. The molecule has 1 aliphatic rings. The lowest BCUT2D eigenvalue weighted by molar-refractivity contribution is 0.232. The Hall–Kier alpha value is -3.06. The quantitative estimate of drug-likeness (QED) is 0.308. The minimum absolute atomic E-state index is 0.0105. The van der Waals surface area contributed by atoms with E-state index in [1.54, 1.807) is 6.07 Å². The van der Waals surface area contributed by atoms with E-state index in [0.717, 1.165) is 11.1 Å². The predicted octanol–water partition coefficient (Wildman–Crippen LogP) is 0.820. The van der Waals surface area contributed by atoms with Crippen LogP contribution in [0.5, 0.6) is 0 Å². The van der Waals surface area contributed by atoms with Gasteiger partial charge in [0.1, 0.15) is 5.82 Å². The third-order valence-corrected chi connectivity index (χ3v) is 5.57. The van der Waals surface area contributed by atoms with Gasteiger partial charge in [-0.15, -0.1) is 4.36 Å². The van der Waals surface area contributed by atoms with Crippen LogP contribution in [0.1, 0.15) is 22.9 Å². The maximum absolute atomic E-state index is 13.4. The van der Waals surface area contributed by atoms with E-state index in [-0.39, 0.29) is 41.5 Å². The predicted molar refractivity (Wildman–Crippen MR) is 98.0 cm³/mol. The number of carbonyl (C=O) groups is 1. The smallest absolute Gasteiger partial charge is 0.346 e. The molecule has 0 fully saturated rings. The number of carbonyl (C=O) groups excluding carboxylic acids is 1. The molecule has 2 aromatic rings. The summed E-state index contributed by atoms with van der Waals surface area (Å²) in [5.74, 6) is -0.250. The molecule has 2 unspecified atom stereocenters. The third-order valence-electron chi connectivity index (χ3n) is 4.04. The Morgan fingerprint density at radius 3 is 3.00 bits per heavy atom. The molecule has 28 heavy (non-hydrogen) atoms. The van der Waals surface area contributed by atoms with Gasteiger partial charge in [0.05, 0.1) is 15.8 Å². The monoisotopic (exact) mass is 411 g/mol. The van der Waals surface area contributed by atoms with E-state index < -0.39 is 15.8 Å². The molecule has 1 aromatic carbocycles. The first-order valence-corrected chi connectivity index (χ1v) is 10.2. The number of rotatable bonds is 6. The lowest BCUT2D eigenvalue weighted by atomic mass is 9.83. The zero-order valence-electron chi connectivity index (χ0n) is 14.8. The van der Waals surface area contributed by atoms with Crippen molar-refractivity contribution in [3.63, 3.8) is 0 Å². The van der Waals surface area contributed by atoms with Crippen LogP contribution < -0.4 is 16.5 Å². The van der Waals surface area contributed by atoms with Crippen LogP contribution in [0.4, 0.5) is 15.0 Å². The number of nitrogens with zero attached hydrogens (tertiary/aromatic N) is 4. The molecule has 150 valence electrons. The summed E-state index contributed by atoms with van der Waals surface area (Å²) in [6.07, 6.45) is 1.89. The lowest BCUT2D eigenvalue weighted by Crippen LogP contribution is -2.26. The second kappa shape index (κ2) is 7.90. The van der Waals surface area contributed by atoms with Gasteiger partial charge >= 0.3 is 6.03 Å². The zero-order chi connectivity index (χ0) is 20.3. The molecule has 2 amide bonds. The van der Waals surface area contributed by atoms with E-state index in [0.29, 0.717) is 6.42 Å². The van der Waals surface area contributed by atoms with Crippen LogP contribution in [-0.2, 0) is 16.1 Å². The number of benzene rings is 1. The summed E-state index contributed by atoms with van der Waals surface area (Å²) < 4.78 is 33.5. The van der Waals surface area contributed by atoms with Crippen LogP contribution in [0.15, 0.2) is 32.2 Å². The Morgan fingerprint density at radius 1 is 1.50 bits per heavy atom. The molecule has 1 heterocycles. The van der Waals surface area contributed by atoms with Crippen molar-refractivity contribution >= 4 is 27.4 Å². The summed E-state index contributed by atoms with van der Waals surface area (Å²) in [7, 11) is -2.80. The summed E-state index contributed by atoms with van der Waals surface area (Å²) >= 11 is 0. The van der Waals surface area contributed by atoms with Gasteiger partial charge in [0.25, 0.3) is 0 Å². The minimum Gasteiger partial charge on any atom is -0.364 e. The summed E-state index contributed by atoms with van der Waals surface area (Å²) in [4.78, 5) is 15.1. The largest absolute Gasteiger partial charge is 0.364 e. The molecule has 13 heteroatoms. The van der Waals surface area contributed by atoms with Gasteiger partial charge in [-0.05, 0) is 40.0 Å². The SMILES string of the molecule is CS(=O)(CCNc1nonc1C(=NC1Cc2ccc(F)cc21)NO)=NC(N)=O. The average Bonchev–Trinajstić information content (AvgIpc) is 3.05. The van der Waals surface area contributed by atoms with Gasteiger partial charge in [-0.1, -0.05) is 6.07 Å². The van der Waals surface area contributed by atoms with Gasteiger partial charge in [-0.2, -0.15) is 0 Å². The average molecular weight is 411 g/mol. The summed E-state index contributed by atoms with van der Waals surface area (Å²) in [5.41, 5.74) is 8.63. The van der Waals surface area contributed by atoms with Crippen molar-refractivity contribution in [3.05, 3.63) is 40.8 Å². The van der Waals surface area contributed by atoms with E-state index in [9.17, 15) is 18.6 Å². The number of hydrogen-bond donors (Lipinski definition) is 4. The van der Waals surface area contributed by atoms with E-state index in [4.69, 9.17) is 5.73 Å². The number of primary amides is 1. The van der Waals surface area contributed by atoms with Crippen LogP contribution in [0.2, 0.25) is 0 Å². The Balaban J connectivity index is 1.73. The lowest BCUT2D eigenvalue weighted by Gasteiger charge is -2.27. The number of hydroxylamine groups is 1. The van der Waals surface area contributed by atoms with Crippen LogP contribution in [0.25, 0.3) is 0 Å². The van der Waals surface area contributed by atoms with Crippen LogP contribution in [-0.4, -0.2) is 50.1 Å². The zero-order valence-corrected chi connectivity index (χ0v) is 15.6. The molecule has 5 N–H and O–H groups in total. The highest BCUT2D eigenvalue weighted by molar-refractivity contribution is 7.93. The molecule has 3 rings (SSSR count). The number of amidine groups is 1. The van der Waals surface area contributed by atoms with Gasteiger partial charge in [0, 0.05) is 18.6 Å². The van der Waals surface area contributed by atoms with Crippen LogP contribution in [0, 0.1) is 5.82 Å². The Bertz CT molecular complexity index is 1040. The number of aliphatic imine (C=N–C) groups is 1. The highest BCUT2D eigenvalue weighted by atomic mass is 32.2. The van der Waals surface area contributed by atoms with Gasteiger partial charge in [0.2, 0.25) is 5.82 Å². The van der Waals surface area contributed by atoms with Crippen molar-refractivity contribution in [1.29, 1.82) is 0 Å². The Labute approximate surface area is 159 Å². The first kappa shape index (κ1) is 19.7. The number of nitrogens with one attached hydrogen (secondary N) is 2. The number of amides is 2. The molecule has 11 nitrogen and oxygen atoms in total. The molecule has 2 atom stereocenters. The number of hydrogen-bond acceptors (Lipinski definition) is 8. The number of fused-ring (bicyclic) bond motifs is 1. The van der Waals surface area contributed by atoms with Gasteiger partial charge < -0.3 is 11.1 Å². The molecule has 1 aromatic heterocycles. The maximum Gasteiger partial charge on any atom is 0.346 e. The first-order chi connectivity index (χ1) is 13.3. The van der Waals surface area contributed by atoms with Crippen LogP contribution >= 0.6 is 0 Å². The van der Waals surface area contributed by atoms with Crippen molar-refractivity contribution in [2.24, 2.45) is 15.1 Å². The van der Waals surface area contributed by atoms with E-state index >= 15 is 0 Å². The molecule has 0 bridgehead atoms. The summed E-state index contributed by atoms with van der Waals surface area (Å²) in [6.45, 7) is 0.115. The van der Waals surface area contributed by atoms with Gasteiger partial charge in [-0.25, -0.2) is 18.0 Å². The molecule has 1 aliphatic carbocycles. The highest BCUT2D eigenvalue weighted by Crippen LogP contribution is 2.36. The molecule has 0 radical (unpaired) electrons. The molecular formula is C15H18FN7O4S. The standard InChI is InChI=1S/C15H18FN7O4S/c1-28(26,23-15(17)24)5-4-18-13-12(21-27-22-13)14(20-25)19-11-6-8-2-3-9(16)7-10(8)11/h2-3,7,11,25H,4-6H2,1H3,(H2,17,24)(H,18,22)(H,19,20). The molecule has 0 aliphatic heterocycles. The fourth-order valence-electron chi connectivity index (χ4n) is 2.72. The minimum atomic E-state index is -2.80. The second-order valence-electron chi connectivity index (χ2n) is 6.13. The molecule has 0 saturated heterocycles. The number of anilines is 1. The van der Waals surface area contributed by atoms with Crippen molar-refractivity contribution in [2.75, 3.05) is 23.9 Å². The number of aromatic nitrogens is 2. The molecule has 0 saturated carbocycles. The van der Waals surface area contributed by atoms with E-state index in [1.165, 1.54) is 18.4 Å². The van der Waals surface area contributed by atoms with E-state index in [1.807, 2.05) is 5.48 Å². The van der Waals surface area contributed by atoms with Crippen molar-refractivity contribution in [1.82, 2.24) is 15.8 Å². The topological polar surface area (TPSA) is 168 Å². The third kappa shape index (κ3) is 4.43. The summed E-state index contributed by atoms with van der Waals surface area (Å²) in [5, 5.41) is 19.6. The normalized spacial score (nSPS) is 17.8. The molecular weight excluding hydrogens is 393 g/mol. The number of halogens is 1.